The second-order valence-corrected chi connectivity index (χ2v) is 16.8. The van der Waals surface area contributed by atoms with E-state index in [1.807, 2.05) is 66.7 Å². The van der Waals surface area contributed by atoms with Crippen LogP contribution in [-0.4, -0.2) is 23.7 Å². The van der Waals surface area contributed by atoms with Gasteiger partial charge in [-0.3, -0.25) is 0 Å². The van der Waals surface area contributed by atoms with Crippen LogP contribution in [0.5, 0.6) is 0 Å². The van der Waals surface area contributed by atoms with Crippen LogP contribution in [0.15, 0.2) is 212 Å². The third kappa shape index (κ3) is 5.76. The topological polar surface area (TPSA) is 88.2 Å². The van der Waals surface area contributed by atoms with E-state index in [1.54, 1.807) is 0 Å². The third-order valence-corrected chi connectivity index (χ3v) is 13.1. The predicted molar refractivity (Wildman–Crippen MR) is 271 cm³/mol. The molecular formula is C60H35N7. The lowest BCUT2D eigenvalue weighted by Crippen LogP contribution is -2.03. The highest BCUT2D eigenvalue weighted by Gasteiger charge is 2.24. The van der Waals surface area contributed by atoms with Gasteiger partial charge in [0, 0.05) is 60.4 Å². The molecule has 7 nitrogen and oxygen atoms in total. The van der Waals surface area contributed by atoms with E-state index in [0.29, 0.717) is 33.9 Å². The summed E-state index contributed by atoms with van der Waals surface area (Å²) in [7, 11) is 0. The molecule has 0 spiro atoms. The number of hydrogen-bond acceptors (Lipinski definition) is 4. The zero-order chi connectivity index (χ0) is 44.6. The van der Waals surface area contributed by atoms with Gasteiger partial charge in [0.15, 0.2) is 5.82 Å². The number of para-hydroxylation sites is 5. The summed E-state index contributed by atoms with van der Waals surface area (Å²) in [5, 5.41) is 28.8. The zero-order valence-corrected chi connectivity index (χ0v) is 35.8. The van der Waals surface area contributed by atoms with Gasteiger partial charge >= 0.3 is 0 Å². The van der Waals surface area contributed by atoms with Gasteiger partial charge in [0.25, 0.3) is 0 Å². The van der Waals surface area contributed by atoms with E-state index >= 15 is 0 Å². The first kappa shape index (κ1) is 37.9. The molecule has 13 aromatic rings. The summed E-state index contributed by atoms with van der Waals surface area (Å²) in [6.07, 6.45) is 0. The molecule has 9 aromatic carbocycles. The maximum atomic E-state index is 11.2. The second-order valence-electron chi connectivity index (χ2n) is 16.8. The molecule has 0 saturated heterocycles. The highest BCUT2D eigenvalue weighted by atomic mass is 15.0. The van der Waals surface area contributed by atoms with Crippen molar-refractivity contribution in [3.8, 4) is 63.1 Å². The van der Waals surface area contributed by atoms with E-state index in [1.165, 1.54) is 0 Å². The Kier molecular flexibility index (Phi) is 8.51. The summed E-state index contributed by atoms with van der Waals surface area (Å²) in [5.41, 5.74) is 13.1. The van der Waals surface area contributed by atoms with Crippen molar-refractivity contribution < 1.29 is 0 Å². The van der Waals surface area contributed by atoms with Crippen LogP contribution in [0.4, 0.5) is 0 Å². The Morgan fingerprint density at radius 3 is 1.52 bits per heavy atom. The molecule has 0 saturated carbocycles. The number of hydrogen-bond donors (Lipinski definition) is 0. The number of rotatable bonds is 6. The maximum absolute atomic E-state index is 11.2. The van der Waals surface area contributed by atoms with Crippen molar-refractivity contribution in [3.05, 3.63) is 223 Å². The average molecular weight is 854 g/mol. The Morgan fingerprint density at radius 2 is 0.866 bits per heavy atom. The summed E-state index contributed by atoms with van der Waals surface area (Å²) in [6, 6.07) is 77.6. The first-order valence-corrected chi connectivity index (χ1v) is 22.2. The SMILES string of the molecule is N#Cc1cc(-c2nc(-c3ccc4c5ccccc5n(-c5ccccc5)c4c3)nc(-c3ccccc3)c2C#N)ccc1-n1c2ccccc2c2ccc3c(c4ccccc4n3-c3ccccc3)c21. The lowest BCUT2D eigenvalue weighted by atomic mass is 9.98. The molecule has 0 atom stereocenters. The van der Waals surface area contributed by atoms with E-state index in [0.717, 1.165) is 93.6 Å². The highest BCUT2D eigenvalue weighted by molar-refractivity contribution is 6.26. The second kappa shape index (κ2) is 15.0. The van der Waals surface area contributed by atoms with Crippen molar-refractivity contribution in [1.82, 2.24) is 23.7 Å². The van der Waals surface area contributed by atoms with E-state index in [9.17, 15) is 10.5 Å². The van der Waals surface area contributed by atoms with Gasteiger partial charge in [-0.05, 0) is 66.7 Å². The molecule has 7 heteroatoms. The van der Waals surface area contributed by atoms with Crippen molar-refractivity contribution in [2.24, 2.45) is 0 Å². The quantitative estimate of drug-likeness (QED) is 0.167. The van der Waals surface area contributed by atoms with Crippen LogP contribution in [0.1, 0.15) is 11.1 Å². The Labute approximate surface area is 384 Å². The van der Waals surface area contributed by atoms with Crippen molar-refractivity contribution in [1.29, 1.82) is 10.5 Å². The smallest absolute Gasteiger partial charge is 0.160 e. The number of aromatic nitrogens is 5. The van der Waals surface area contributed by atoms with Crippen LogP contribution in [0.2, 0.25) is 0 Å². The molecule has 0 amide bonds. The molecule has 0 unspecified atom stereocenters. The van der Waals surface area contributed by atoms with Crippen LogP contribution < -0.4 is 0 Å². The fourth-order valence-electron chi connectivity index (χ4n) is 10.3. The van der Waals surface area contributed by atoms with Crippen molar-refractivity contribution in [2.75, 3.05) is 0 Å². The largest absolute Gasteiger partial charge is 0.309 e. The number of fused-ring (bicyclic) bond motifs is 10. The van der Waals surface area contributed by atoms with Gasteiger partial charge in [-0.2, -0.15) is 10.5 Å². The van der Waals surface area contributed by atoms with Gasteiger partial charge in [0.05, 0.1) is 55.7 Å². The molecule has 4 aromatic heterocycles. The van der Waals surface area contributed by atoms with Crippen LogP contribution in [0, 0.1) is 22.7 Å². The molecule has 0 fully saturated rings. The fraction of sp³-hybridized carbons (Fsp3) is 0. The predicted octanol–water partition coefficient (Wildman–Crippen LogP) is 14.5. The summed E-state index contributed by atoms with van der Waals surface area (Å²) in [5.74, 6) is 0.474. The number of benzene rings is 9. The van der Waals surface area contributed by atoms with Crippen LogP contribution in [0.3, 0.4) is 0 Å². The molecule has 310 valence electrons. The Hall–Kier alpha value is -9.56. The van der Waals surface area contributed by atoms with Gasteiger partial charge < -0.3 is 13.7 Å². The van der Waals surface area contributed by atoms with Crippen LogP contribution in [0.25, 0.3) is 116 Å². The zero-order valence-electron chi connectivity index (χ0n) is 35.8. The maximum Gasteiger partial charge on any atom is 0.160 e. The molecule has 0 aliphatic heterocycles. The van der Waals surface area contributed by atoms with Crippen molar-refractivity contribution in [2.45, 2.75) is 0 Å². The van der Waals surface area contributed by atoms with E-state index < -0.39 is 0 Å². The molecule has 4 heterocycles. The minimum absolute atomic E-state index is 0.332. The number of nitrogens with zero attached hydrogens (tertiary/aromatic N) is 7. The summed E-state index contributed by atoms with van der Waals surface area (Å²) >= 11 is 0. The van der Waals surface area contributed by atoms with Gasteiger partial charge in [-0.15, -0.1) is 0 Å². The lowest BCUT2D eigenvalue weighted by molar-refractivity contribution is 1.15. The minimum atomic E-state index is 0.332. The molecule has 0 radical (unpaired) electrons. The standard InChI is InChI=1S/C60H35N7/c61-36-41-34-39(29-32-50(41)67-52-26-14-11-23-45(52)47-31-33-54-56(59(47)67)48-24-12-15-27-53(48)65(54)42-18-6-2-7-19-42)58-49(37-62)57(38-16-4-1-5-17-38)63-60(64-58)40-28-30-46-44-22-10-13-25-51(44)66(55(46)35-40)43-20-8-3-9-21-43/h1-35H. The average Bonchev–Trinajstić information content (AvgIpc) is 4.04. The summed E-state index contributed by atoms with van der Waals surface area (Å²) in [4.78, 5) is 10.4. The minimum Gasteiger partial charge on any atom is -0.309 e. The molecule has 0 bridgehead atoms. The molecule has 67 heavy (non-hydrogen) atoms. The van der Waals surface area contributed by atoms with E-state index in [2.05, 4.69) is 171 Å². The summed E-state index contributed by atoms with van der Waals surface area (Å²) in [6.45, 7) is 0. The monoisotopic (exact) mass is 853 g/mol. The highest BCUT2D eigenvalue weighted by Crippen LogP contribution is 2.43. The van der Waals surface area contributed by atoms with Crippen LogP contribution in [-0.2, 0) is 0 Å². The Bertz CT molecular complexity index is 4220. The van der Waals surface area contributed by atoms with E-state index in [4.69, 9.17) is 9.97 Å². The van der Waals surface area contributed by atoms with Crippen molar-refractivity contribution in [3.63, 3.8) is 0 Å². The van der Waals surface area contributed by atoms with Gasteiger partial charge in [0.1, 0.15) is 17.7 Å². The first-order valence-electron chi connectivity index (χ1n) is 22.2. The summed E-state index contributed by atoms with van der Waals surface area (Å²) < 4.78 is 6.83. The third-order valence-electron chi connectivity index (χ3n) is 13.1. The molecule has 13 rings (SSSR count). The Morgan fingerprint density at radius 1 is 0.358 bits per heavy atom. The van der Waals surface area contributed by atoms with Crippen molar-refractivity contribution >= 4 is 65.4 Å². The lowest BCUT2D eigenvalue weighted by Gasteiger charge is -2.15. The first-order chi connectivity index (χ1) is 33.2. The van der Waals surface area contributed by atoms with Gasteiger partial charge in [-0.25, -0.2) is 9.97 Å². The normalized spacial score (nSPS) is 11.6. The van der Waals surface area contributed by atoms with Gasteiger partial charge in [0.2, 0.25) is 0 Å². The van der Waals surface area contributed by atoms with Gasteiger partial charge in [-0.1, -0.05) is 146 Å². The fourth-order valence-corrected chi connectivity index (χ4v) is 10.3. The van der Waals surface area contributed by atoms with Crippen LogP contribution >= 0.6 is 0 Å². The van der Waals surface area contributed by atoms with E-state index in [-0.39, 0.29) is 0 Å². The Balaban J connectivity index is 1.05. The molecule has 0 aliphatic carbocycles. The molecular weight excluding hydrogens is 819 g/mol. The number of nitriles is 2. The molecule has 0 aliphatic rings. The molecule has 0 N–H and O–H groups in total.